The molecule has 0 saturated carbocycles. The molecule has 0 spiro atoms. The zero-order valence-electron chi connectivity index (χ0n) is 11.6. The van der Waals surface area contributed by atoms with Gasteiger partial charge in [0.15, 0.2) is 0 Å². The molecule has 0 radical (unpaired) electrons. The third-order valence-electron chi connectivity index (χ3n) is 2.33. The van der Waals surface area contributed by atoms with Crippen LogP contribution in [0, 0.1) is 5.82 Å². The first-order valence-electron chi connectivity index (χ1n) is 6.13. The number of carbonyl (C=O) groups excluding carboxylic acids is 1. The van der Waals surface area contributed by atoms with Crippen molar-refractivity contribution in [3.05, 3.63) is 29.8 Å². The van der Waals surface area contributed by atoms with Crippen LogP contribution in [0.2, 0.25) is 0 Å². The highest BCUT2D eigenvalue weighted by Crippen LogP contribution is 2.15. The average Bonchev–Trinajstić information content (AvgIpc) is 2.34. The van der Waals surface area contributed by atoms with E-state index >= 15 is 0 Å². The fourth-order valence-corrected chi connectivity index (χ4v) is 1.45. The fraction of sp³-hybridized carbons (Fsp3) is 0.538. The molecule has 0 aromatic carbocycles. The van der Waals surface area contributed by atoms with E-state index in [1.807, 2.05) is 0 Å². The summed E-state index contributed by atoms with van der Waals surface area (Å²) in [4.78, 5) is 15.3. The molecule has 7 heteroatoms. The van der Waals surface area contributed by atoms with Crippen LogP contribution in [-0.4, -0.2) is 39.5 Å². The molecule has 0 saturated heterocycles. The van der Waals surface area contributed by atoms with Gasteiger partial charge in [0.1, 0.15) is 17.5 Å². The number of rotatable bonds is 4. The molecule has 0 bridgehead atoms. The van der Waals surface area contributed by atoms with Crippen molar-refractivity contribution in [2.75, 3.05) is 6.61 Å². The molecule has 0 fully saturated rings. The van der Waals surface area contributed by atoms with Crippen LogP contribution in [0.3, 0.4) is 0 Å². The van der Waals surface area contributed by atoms with Gasteiger partial charge < -0.3 is 20.3 Å². The summed E-state index contributed by atoms with van der Waals surface area (Å²) in [5.74, 6) is -0.540. The second-order valence-electron chi connectivity index (χ2n) is 5.28. The second-order valence-corrected chi connectivity index (χ2v) is 5.28. The van der Waals surface area contributed by atoms with Crippen molar-refractivity contribution in [3.8, 4) is 0 Å². The molecule has 1 unspecified atom stereocenters. The summed E-state index contributed by atoms with van der Waals surface area (Å²) in [6.07, 6.45) is -1.09. The van der Waals surface area contributed by atoms with Crippen molar-refractivity contribution >= 4 is 6.09 Å². The number of hydrogen-bond acceptors (Lipinski definition) is 5. The van der Waals surface area contributed by atoms with Crippen molar-refractivity contribution < 1.29 is 24.1 Å². The molecule has 1 amide bonds. The highest BCUT2D eigenvalue weighted by atomic mass is 19.1. The molecule has 0 aliphatic carbocycles. The number of hydrogen-bond donors (Lipinski definition) is 3. The second kappa shape index (κ2) is 6.62. The van der Waals surface area contributed by atoms with Crippen LogP contribution in [0.15, 0.2) is 18.3 Å². The highest BCUT2D eigenvalue weighted by Gasteiger charge is 2.25. The summed E-state index contributed by atoms with van der Waals surface area (Å²) >= 11 is 0. The maximum atomic E-state index is 12.7. The van der Waals surface area contributed by atoms with Gasteiger partial charge in [-0.2, -0.15) is 0 Å². The monoisotopic (exact) mass is 286 g/mol. The Morgan fingerprint density at radius 2 is 2.15 bits per heavy atom. The van der Waals surface area contributed by atoms with Gasteiger partial charge in [-0.25, -0.2) is 9.18 Å². The summed E-state index contributed by atoms with van der Waals surface area (Å²) in [6.45, 7) is 4.56. The van der Waals surface area contributed by atoms with Gasteiger partial charge in [-0.3, -0.25) is 4.98 Å². The Morgan fingerprint density at radius 3 is 2.60 bits per heavy atom. The van der Waals surface area contributed by atoms with Gasteiger partial charge in [0.05, 0.1) is 24.5 Å². The molecule has 6 nitrogen and oxygen atoms in total. The standard InChI is InChI=1S/C13H19FN2O4/c1-13(2,3)20-12(19)16-10(7-17)11(18)9-5-4-8(14)6-15-9/h4-6,10-11,17-18H,7H2,1-3H3,(H,16,19)/t10-,11?/m0/s1. The number of nitrogens with one attached hydrogen (secondary N) is 1. The van der Waals surface area contributed by atoms with Crippen LogP contribution in [0.25, 0.3) is 0 Å². The van der Waals surface area contributed by atoms with Crippen LogP contribution in [0.4, 0.5) is 9.18 Å². The zero-order valence-corrected chi connectivity index (χ0v) is 11.6. The average molecular weight is 286 g/mol. The van der Waals surface area contributed by atoms with Crippen molar-refractivity contribution in [1.29, 1.82) is 0 Å². The fourth-order valence-electron chi connectivity index (χ4n) is 1.45. The van der Waals surface area contributed by atoms with E-state index in [-0.39, 0.29) is 5.69 Å². The number of halogens is 1. The van der Waals surface area contributed by atoms with Gasteiger partial charge in [-0.05, 0) is 32.9 Å². The number of carbonyl (C=O) groups is 1. The summed E-state index contributed by atoms with van der Waals surface area (Å²) in [6, 6.07) is 1.41. The Hall–Kier alpha value is -1.73. The van der Waals surface area contributed by atoms with Gasteiger partial charge in [-0.15, -0.1) is 0 Å². The largest absolute Gasteiger partial charge is 0.444 e. The molecule has 1 aromatic rings. The normalized spacial score (nSPS) is 14.5. The van der Waals surface area contributed by atoms with E-state index in [4.69, 9.17) is 4.74 Å². The quantitative estimate of drug-likeness (QED) is 0.772. The number of amides is 1. The van der Waals surface area contributed by atoms with Crippen molar-refractivity contribution in [2.24, 2.45) is 0 Å². The van der Waals surface area contributed by atoms with Crippen molar-refractivity contribution in [3.63, 3.8) is 0 Å². The van der Waals surface area contributed by atoms with E-state index < -0.39 is 36.3 Å². The van der Waals surface area contributed by atoms with E-state index in [1.165, 1.54) is 6.07 Å². The maximum Gasteiger partial charge on any atom is 0.408 e. The van der Waals surface area contributed by atoms with E-state index in [2.05, 4.69) is 10.3 Å². The molecule has 1 aromatic heterocycles. The minimum Gasteiger partial charge on any atom is -0.444 e. The highest BCUT2D eigenvalue weighted by molar-refractivity contribution is 5.68. The lowest BCUT2D eigenvalue weighted by molar-refractivity contribution is 0.0343. The number of aliphatic hydroxyl groups is 2. The SMILES string of the molecule is CC(C)(C)OC(=O)N[C@@H](CO)C(O)c1ccc(F)cn1. The Labute approximate surface area is 116 Å². The predicted molar refractivity (Wildman–Crippen MR) is 69.4 cm³/mol. The van der Waals surface area contributed by atoms with Crippen LogP contribution in [0.5, 0.6) is 0 Å². The third kappa shape index (κ3) is 5.10. The number of aliphatic hydroxyl groups excluding tert-OH is 2. The third-order valence-corrected chi connectivity index (χ3v) is 2.33. The number of alkyl carbamates (subject to hydrolysis) is 1. The lowest BCUT2D eigenvalue weighted by Crippen LogP contribution is -2.44. The minimum atomic E-state index is -1.27. The maximum absolute atomic E-state index is 12.7. The molecule has 0 aliphatic heterocycles. The first-order valence-corrected chi connectivity index (χ1v) is 6.13. The van der Waals surface area contributed by atoms with E-state index in [9.17, 15) is 19.4 Å². The van der Waals surface area contributed by atoms with Crippen LogP contribution in [0.1, 0.15) is 32.6 Å². The van der Waals surface area contributed by atoms with Gasteiger partial charge in [0, 0.05) is 0 Å². The molecular formula is C13H19FN2O4. The predicted octanol–water partition coefficient (Wildman–Crippen LogP) is 1.14. The summed E-state index contributed by atoms with van der Waals surface area (Å²) < 4.78 is 17.8. The number of ether oxygens (including phenoxy) is 1. The van der Waals surface area contributed by atoms with Gasteiger partial charge in [0.2, 0.25) is 0 Å². The van der Waals surface area contributed by atoms with Crippen LogP contribution >= 0.6 is 0 Å². The number of aromatic nitrogens is 1. The summed E-state index contributed by atoms with van der Waals surface area (Å²) in [5.41, 5.74) is -0.551. The molecule has 112 valence electrons. The lowest BCUT2D eigenvalue weighted by Gasteiger charge is -2.25. The van der Waals surface area contributed by atoms with E-state index in [0.717, 1.165) is 12.3 Å². The Bertz CT molecular complexity index is 445. The molecule has 2 atom stereocenters. The smallest absolute Gasteiger partial charge is 0.408 e. The Morgan fingerprint density at radius 1 is 1.50 bits per heavy atom. The molecular weight excluding hydrogens is 267 g/mol. The minimum absolute atomic E-state index is 0.140. The lowest BCUT2D eigenvalue weighted by atomic mass is 10.1. The van der Waals surface area contributed by atoms with Gasteiger partial charge in [0.25, 0.3) is 0 Å². The first-order chi connectivity index (χ1) is 9.23. The van der Waals surface area contributed by atoms with Gasteiger partial charge >= 0.3 is 6.09 Å². The number of pyridine rings is 1. The first kappa shape index (κ1) is 16.3. The molecule has 3 N–H and O–H groups in total. The Kier molecular flexibility index (Phi) is 5.41. The molecule has 1 rings (SSSR count). The molecule has 20 heavy (non-hydrogen) atoms. The van der Waals surface area contributed by atoms with Crippen LogP contribution in [-0.2, 0) is 4.74 Å². The number of nitrogens with zero attached hydrogens (tertiary/aromatic N) is 1. The summed E-state index contributed by atoms with van der Waals surface area (Å²) in [5, 5.41) is 21.6. The van der Waals surface area contributed by atoms with E-state index in [1.54, 1.807) is 20.8 Å². The Balaban J connectivity index is 2.70. The van der Waals surface area contributed by atoms with Crippen LogP contribution < -0.4 is 5.32 Å². The van der Waals surface area contributed by atoms with Gasteiger partial charge in [-0.1, -0.05) is 0 Å². The molecule has 1 heterocycles. The van der Waals surface area contributed by atoms with E-state index in [0.29, 0.717) is 0 Å². The van der Waals surface area contributed by atoms with Crippen molar-refractivity contribution in [1.82, 2.24) is 10.3 Å². The molecule has 0 aliphatic rings. The van der Waals surface area contributed by atoms with Crippen molar-refractivity contribution in [2.45, 2.75) is 38.5 Å². The summed E-state index contributed by atoms with van der Waals surface area (Å²) in [7, 11) is 0. The zero-order chi connectivity index (χ0) is 15.3. The topological polar surface area (TPSA) is 91.7 Å².